The summed E-state index contributed by atoms with van der Waals surface area (Å²) in [4.78, 5) is 23.1. The van der Waals surface area contributed by atoms with Crippen molar-refractivity contribution in [2.75, 3.05) is 0 Å². The molecule has 0 saturated heterocycles. The second-order valence-corrected chi connectivity index (χ2v) is 3.98. The topological polar surface area (TPSA) is 46.2 Å². The molecule has 0 bridgehead atoms. The van der Waals surface area contributed by atoms with Crippen LogP contribution in [0.3, 0.4) is 0 Å². The van der Waals surface area contributed by atoms with Crippen molar-refractivity contribution in [1.82, 2.24) is 5.32 Å². The Morgan fingerprint density at radius 3 is 2.29 bits per heavy atom. The van der Waals surface area contributed by atoms with Crippen LogP contribution in [0.5, 0.6) is 0 Å². The van der Waals surface area contributed by atoms with Crippen LogP contribution in [0.1, 0.15) is 32.3 Å². The van der Waals surface area contributed by atoms with E-state index in [2.05, 4.69) is 5.32 Å². The minimum absolute atomic E-state index is 0.0762. The highest BCUT2D eigenvalue weighted by atomic mass is 16.2. The second-order valence-electron chi connectivity index (χ2n) is 3.98. The summed E-state index contributed by atoms with van der Waals surface area (Å²) in [5.41, 5.74) is 1.07. The van der Waals surface area contributed by atoms with Gasteiger partial charge in [0.1, 0.15) is 0 Å². The van der Waals surface area contributed by atoms with Crippen LogP contribution in [0, 0.1) is 0 Å². The molecule has 0 aliphatic rings. The maximum absolute atomic E-state index is 11.8. The van der Waals surface area contributed by atoms with Crippen LogP contribution >= 0.6 is 0 Å². The van der Waals surface area contributed by atoms with E-state index in [1.54, 1.807) is 6.92 Å². The van der Waals surface area contributed by atoms with E-state index < -0.39 is 6.04 Å². The molecule has 3 nitrogen and oxygen atoms in total. The number of carbonyl (C=O) groups is 2. The average molecular weight is 233 g/mol. The quantitative estimate of drug-likeness (QED) is 0.818. The summed E-state index contributed by atoms with van der Waals surface area (Å²) in [7, 11) is 0. The molecule has 0 heterocycles. The van der Waals surface area contributed by atoms with E-state index in [9.17, 15) is 9.59 Å². The van der Waals surface area contributed by atoms with E-state index in [1.165, 1.54) is 0 Å². The van der Waals surface area contributed by atoms with Crippen LogP contribution in [0.4, 0.5) is 0 Å². The van der Waals surface area contributed by atoms with E-state index in [0.717, 1.165) is 5.56 Å². The molecular weight excluding hydrogens is 214 g/mol. The van der Waals surface area contributed by atoms with Crippen LogP contribution in [-0.4, -0.2) is 17.7 Å². The number of amides is 1. The van der Waals surface area contributed by atoms with Gasteiger partial charge in [0, 0.05) is 12.8 Å². The van der Waals surface area contributed by atoms with E-state index >= 15 is 0 Å². The van der Waals surface area contributed by atoms with Crippen molar-refractivity contribution in [2.24, 2.45) is 0 Å². The molecule has 92 valence electrons. The summed E-state index contributed by atoms with van der Waals surface area (Å²) in [6.45, 7) is 3.60. The number of nitrogens with one attached hydrogen (secondary N) is 1. The third-order valence-corrected chi connectivity index (χ3v) is 2.68. The van der Waals surface area contributed by atoms with Crippen molar-refractivity contribution in [1.29, 1.82) is 0 Å². The van der Waals surface area contributed by atoms with Gasteiger partial charge in [-0.3, -0.25) is 9.59 Å². The Hall–Kier alpha value is -1.64. The molecule has 1 aromatic carbocycles. The third-order valence-electron chi connectivity index (χ3n) is 2.68. The number of hydrogen-bond acceptors (Lipinski definition) is 2. The second kappa shape index (κ2) is 6.84. The molecule has 0 aliphatic carbocycles. The Bertz CT molecular complexity index is 373. The molecule has 1 amide bonds. The zero-order valence-electron chi connectivity index (χ0n) is 10.4. The Morgan fingerprint density at radius 2 is 1.76 bits per heavy atom. The summed E-state index contributed by atoms with van der Waals surface area (Å²) in [5, 5.41) is 2.78. The summed E-state index contributed by atoms with van der Waals surface area (Å²) >= 11 is 0. The van der Waals surface area contributed by atoms with Crippen molar-refractivity contribution in [3.8, 4) is 0 Å². The van der Waals surface area contributed by atoms with Gasteiger partial charge < -0.3 is 5.32 Å². The molecule has 0 fully saturated rings. The zero-order valence-corrected chi connectivity index (χ0v) is 10.4. The molecule has 0 aromatic heterocycles. The first-order valence-corrected chi connectivity index (χ1v) is 6.03. The summed E-state index contributed by atoms with van der Waals surface area (Å²) in [6.07, 6.45) is 1.42. The van der Waals surface area contributed by atoms with Crippen molar-refractivity contribution in [3.05, 3.63) is 35.9 Å². The number of Topliss-reactive ketones (excluding diaryl/α,β-unsaturated/α-hetero) is 1. The van der Waals surface area contributed by atoms with Crippen LogP contribution < -0.4 is 5.32 Å². The molecule has 17 heavy (non-hydrogen) atoms. The molecule has 1 N–H and O–H groups in total. The van der Waals surface area contributed by atoms with Gasteiger partial charge in [0.05, 0.1) is 6.04 Å². The first-order valence-electron chi connectivity index (χ1n) is 6.03. The van der Waals surface area contributed by atoms with Gasteiger partial charge in [0.2, 0.25) is 5.91 Å². The lowest BCUT2D eigenvalue weighted by atomic mass is 10.0. The van der Waals surface area contributed by atoms with Crippen LogP contribution in [0.25, 0.3) is 0 Å². The van der Waals surface area contributed by atoms with Crippen molar-refractivity contribution in [2.45, 2.75) is 39.2 Å². The minimum Gasteiger partial charge on any atom is -0.346 e. The standard InChI is InChI=1S/C14H19NO2/c1-3-13(16)12(15-14(17)4-2)10-11-8-6-5-7-9-11/h5-9,12H,3-4,10H2,1-2H3,(H,15,17)/t12-/m0/s1. The predicted octanol–water partition coefficient (Wildman–Crippen LogP) is 2.10. The van der Waals surface area contributed by atoms with Gasteiger partial charge in [-0.1, -0.05) is 44.2 Å². The first-order chi connectivity index (χ1) is 8.17. The van der Waals surface area contributed by atoms with E-state index in [1.807, 2.05) is 37.3 Å². The highest BCUT2D eigenvalue weighted by Gasteiger charge is 2.18. The predicted molar refractivity (Wildman–Crippen MR) is 67.7 cm³/mol. The number of benzene rings is 1. The molecule has 1 aromatic rings. The highest BCUT2D eigenvalue weighted by Crippen LogP contribution is 2.05. The molecule has 0 aliphatic heterocycles. The lowest BCUT2D eigenvalue weighted by molar-refractivity contribution is -0.127. The van der Waals surface area contributed by atoms with Crippen molar-refractivity contribution in [3.63, 3.8) is 0 Å². The fraction of sp³-hybridized carbons (Fsp3) is 0.429. The number of hydrogen-bond donors (Lipinski definition) is 1. The monoisotopic (exact) mass is 233 g/mol. The number of rotatable bonds is 6. The van der Waals surface area contributed by atoms with Crippen LogP contribution in [0.15, 0.2) is 30.3 Å². The van der Waals surface area contributed by atoms with Gasteiger partial charge in [-0.15, -0.1) is 0 Å². The summed E-state index contributed by atoms with van der Waals surface area (Å²) in [5.74, 6) is 0.00313. The van der Waals surface area contributed by atoms with Gasteiger partial charge in [0.15, 0.2) is 5.78 Å². The van der Waals surface area contributed by atoms with Crippen molar-refractivity contribution >= 4 is 11.7 Å². The fourth-order valence-electron chi connectivity index (χ4n) is 1.64. The Kier molecular flexibility index (Phi) is 5.40. The van der Waals surface area contributed by atoms with Gasteiger partial charge >= 0.3 is 0 Å². The zero-order chi connectivity index (χ0) is 12.7. The maximum atomic E-state index is 11.8. The Balaban J connectivity index is 2.70. The Morgan fingerprint density at radius 1 is 1.12 bits per heavy atom. The normalized spacial score (nSPS) is 11.9. The fourth-order valence-corrected chi connectivity index (χ4v) is 1.64. The van der Waals surface area contributed by atoms with E-state index in [0.29, 0.717) is 19.3 Å². The summed E-state index contributed by atoms with van der Waals surface area (Å²) < 4.78 is 0. The molecule has 0 saturated carbocycles. The largest absolute Gasteiger partial charge is 0.346 e. The van der Waals surface area contributed by atoms with Gasteiger partial charge in [-0.2, -0.15) is 0 Å². The smallest absolute Gasteiger partial charge is 0.220 e. The third kappa shape index (κ3) is 4.39. The van der Waals surface area contributed by atoms with Gasteiger partial charge in [0.25, 0.3) is 0 Å². The number of carbonyl (C=O) groups excluding carboxylic acids is 2. The Labute approximate surface area is 102 Å². The van der Waals surface area contributed by atoms with E-state index in [-0.39, 0.29) is 11.7 Å². The molecule has 0 unspecified atom stereocenters. The molecule has 1 rings (SSSR count). The molecule has 0 radical (unpaired) electrons. The first kappa shape index (κ1) is 13.4. The lowest BCUT2D eigenvalue weighted by Crippen LogP contribution is -2.41. The molecule has 0 spiro atoms. The maximum Gasteiger partial charge on any atom is 0.220 e. The van der Waals surface area contributed by atoms with Crippen LogP contribution in [0.2, 0.25) is 0 Å². The van der Waals surface area contributed by atoms with E-state index in [4.69, 9.17) is 0 Å². The average Bonchev–Trinajstić information content (AvgIpc) is 2.38. The van der Waals surface area contributed by atoms with Gasteiger partial charge in [-0.25, -0.2) is 0 Å². The van der Waals surface area contributed by atoms with Crippen LogP contribution in [-0.2, 0) is 16.0 Å². The summed E-state index contributed by atoms with van der Waals surface area (Å²) in [6, 6.07) is 9.34. The van der Waals surface area contributed by atoms with Crippen molar-refractivity contribution < 1.29 is 9.59 Å². The highest BCUT2D eigenvalue weighted by molar-refractivity contribution is 5.89. The number of ketones is 1. The van der Waals surface area contributed by atoms with Gasteiger partial charge in [-0.05, 0) is 12.0 Å². The minimum atomic E-state index is -0.394. The molecule has 1 atom stereocenters. The SMILES string of the molecule is CCC(=O)N[C@@H](Cc1ccccc1)C(=O)CC. The molecular formula is C14H19NO2. The molecule has 3 heteroatoms. The lowest BCUT2D eigenvalue weighted by Gasteiger charge is -2.16.